The number of aliphatic hydroxyl groups excluding tert-OH is 1. The molecule has 4 atom stereocenters. The average molecular weight is 609 g/mol. The van der Waals surface area contributed by atoms with Crippen molar-refractivity contribution in [2.75, 3.05) is 25.7 Å². The highest BCUT2D eigenvalue weighted by Crippen LogP contribution is 2.49. The molecule has 2 aliphatic heterocycles. The van der Waals surface area contributed by atoms with Crippen LogP contribution in [0.25, 0.3) is 38.5 Å². The van der Waals surface area contributed by atoms with Gasteiger partial charge in [0.05, 0.1) is 47.4 Å². The predicted octanol–water partition coefficient (Wildman–Crippen LogP) is 3.79. The predicted molar refractivity (Wildman–Crippen MR) is 159 cm³/mol. The molecule has 0 aliphatic carbocycles. The minimum absolute atomic E-state index is 0.0240. The highest BCUT2D eigenvalue weighted by molar-refractivity contribution is 7.92. The Morgan fingerprint density at radius 1 is 1.19 bits per heavy atom. The number of nitrogens with zero attached hydrogens (tertiary/aromatic N) is 6. The van der Waals surface area contributed by atoms with Gasteiger partial charge < -0.3 is 19.6 Å². The van der Waals surface area contributed by atoms with Crippen LogP contribution in [0.3, 0.4) is 0 Å². The third-order valence-corrected chi connectivity index (χ3v) is 8.24. The van der Waals surface area contributed by atoms with Gasteiger partial charge in [0.2, 0.25) is 0 Å². The zero-order valence-electron chi connectivity index (χ0n) is 22.7. The molecule has 2 N–H and O–H groups in total. The molecule has 0 unspecified atom stereocenters. The summed E-state index contributed by atoms with van der Waals surface area (Å²) in [5.41, 5.74) is 1.45. The largest absolute Gasteiger partial charge is 0.465 e. The van der Waals surface area contributed by atoms with Crippen molar-refractivity contribution in [3.63, 3.8) is 0 Å². The number of ether oxygens (including phenoxy) is 3. The summed E-state index contributed by atoms with van der Waals surface area (Å²) in [5, 5.41) is 10.8. The van der Waals surface area contributed by atoms with Gasteiger partial charge in [0, 0.05) is 33.4 Å². The van der Waals surface area contributed by atoms with Crippen LogP contribution < -0.4 is 4.74 Å². The molecule has 0 spiro atoms. The monoisotopic (exact) mass is 608 g/mol. The number of nitrogens with one attached hydrogen (secondary N) is 1. The maximum atomic E-state index is 11.9. The van der Waals surface area contributed by atoms with Gasteiger partial charge in [-0.25, -0.2) is 9.35 Å². The summed E-state index contributed by atoms with van der Waals surface area (Å²) in [4.78, 5) is 24.7. The summed E-state index contributed by atoms with van der Waals surface area (Å²) >= 11 is 6.62. The SMILES string of the molecule is C#[N+][C@]12OC[C@@H](Oc3nc4nc(-c5ccc(-c6cccc(CN=S(C)(C)=O)n6)cc5)c(Cl)cc4[nH]3)[C@@]1(N=C)OC[C@H]2O. The molecule has 1 aromatic carbocycles. The Morgan fingerprint density at radius 2 is 1.95 bits per heavy atom. The molecule has 2 aliphatic rings. The number of benzene rings is 1. The molecule has 0 radical (unpaired) electrons. The topological polar surface area (TPSA) is 149 Å². The standard InChI is InChI=1S/C28H27ClN7O5S/c1-30-27-22(37)14-39-28(27,31-2)23(15-40-27)41-26-34-21-12-19(29)24(35-25(21)36-26)17-10-8-16(9-11-17)20-7-5-6-18(33-20)13-32-42(3,4)38/h1,5-12,22-23,37H,2,13-15H2,3-4H3,(H,34,35,36)/q+1/t22-,23-,27-,28-/m1/s1. The maximum Gasteiger partial charge on any atom is 0.465 e. The molecule has 5 heterocycles. The van der Waals surface area contributed by atoms with Crippen LogP contribution in [0.15, 0.2) is 57.9 Å². The molecular weight excluding hydrogens is 582 g/mol. The van der Waals surface area contributed by atoms with Crippen molar-refractivity contribution in [2.24, 2.45) is 9.36 Å². The van der Waals surface area contributed by atoms with Crippen molar-refractivity contribution in [1.82, 2.24) is 19.9 Å². The van der Waals surface area contributed by atoms with E-state index in [2.05, 4.69) is 40.9 Å². The van der Waals surface area contributed by atoms with E-state index in [0.717, 1.165) is 22.5 Å². The second-order valence-electron chi connectivity index (χ2n) is 10.2. The van der Waals surface area contributed by atoms with E-state index < -0.39 is 33.4 Å². The smallest absolute Gasteiger partial charge is 0.453 e. The molecule has 12 nitrogen and oxygen atoms in total. The van der Waals surface area contributed by atoms with Crippen LogP contribution in [0.2, 0.25) is 5.02 Å². The van der Waals surface area contributed by atoms with Crippen LogP contribution in [0.4, 0.5) is 0 Å². The first-order valence-corrected chi connectivity index (χ1v) is 15.6. The summed E-state index contributed by atoms with van der Waals surface area (Å²) in [6, 6.07) is 15.1. The van der Waals surface area contributed by atoms with Gasteiger partial charge >= 0.3 is 11.4 Å². The number of aliphatic hydroxyl groups is 1. The Balaban J connectivity index is 1.25. The number of pyridine rings is 2. The number of hydrogen-bond donors (Lipinski definition) is 2. The van der Waals surface area contributed by atoms with E-state index >= 15 is 0 Å². The number of hydrogen-bond acceptors (Lipinski definition) is 10. The van der Waals surface area contributed by atoms with Gasteiger partial charge in [0.1, 0.15) is 0 Å². The van der Waals surface area contributed by atoms with Crippen molar-refractivity contribution >= 4 is 39.2 Å². The quantitative estimate of drug-likeness (QED) is 0.301. The van der Waals surface area contributed by atoms with Gasteiger partial charge in [-0.1, -0.05) is 41.9 Å². The van der Waals surface area contributed by atoms with Crippen LogP contribution in [0.1, 0.15) is 5.69 Å². The summed E-state index contributed by atoms with van der Waals surface area (Å²) in [5.74, 6) is 0. The zero-order chi connectivity index (χ0) is 29.7. The highest BCUT2D eigenvalue weighted by Gasteiger charge is 2.81. The summed E-state index contributed by atoms with van der Waals surface area (Å²) in [7, 11) is -2.21. The molecule has 3 aromatic heterocycles. The van der Waals surface area contributed by atoms with Gasteiger partial charge in [0.25, 0.3) is 12.6 Å². The van der Waals surface area contributed by atoms with Gasteiger partial charge in [-0.2, -0.15) is 4.98 Å². The number of aliphatic imine (C=N–C) groups is 1. The van der Waals surface area contributed by atoms with E-state index in [9.17, 15) is 9.32 Å². The van der Waals surface area contributed by atoms with Crippen molar-refractivity contribution in [1.29, 1.82) is 0 Å². The lowest BCUT2D eigenvalue weighted by atomic mass is 9.96. The summed E-state index contributed by atoms with van der Waals surface area (Å²) in [6.07, 6.45) is 1.21. The molecule has 2 fully saturated rings. The van der Waals surface area contributed by atoms with E-state index in [4.69, 9.17) is 32.4 Å². The van der Waals surface area contributed by atoms with Gasteiger partial charge in [-0.15, -0.1) is 0 Å². The van der Waals surface area contributed by atoms with Gasteiger partial charge in [-0.3, -0.25) is 18.9 Å². The Morgan fingerprint density at radius 3 is 2.67 bits per heavy atom. The van der Waals surface area contributed by atoms with Crippen LogP contribution >= 0.6 is 11.6 Å². The van der Waals surface area contributed by atoms with Gasteiger partial charge in [0.15, 0.2) is 17.9 Å². The number of rotatable bonds is 7. The van der Waals surface area contributed by atoms with E-state index in [1.807, 2.05) is 42.5 Å². The van der Waals surface area contributed by atoms with Crippen molar-refractivity contribution in [3.05, 3.63) is 64.1 Å². The lowest BCUT2D eigenvalue weighted by Gasteiger charge is -2.25. The summed E-state index contributed by atoms with van der Waals surface area (Å²) < 4.78 is 33.6. The molecule has 2 saturated heterocycles. The van der Waals surface area contributed by atoms with Crippen molar-refractivity contribution in [2.45, 2.75) is 30.2 Å². The van der Waals surface area contributed by atoms with E-state index in [-0.39, 0.29) is 25.8 Å². The van der Waals surface area contributed by atoms with Crippen LogP contribution in [0.5, 0.6) is 6.01 Å². The molecule has 4 aromatic rings. The first kappa shape index (κ1) is 28.2. The lowest BCUT2D eigenvalue weighted by molar-refractivity contribution is -0.0937. The molecule has 0 amide bonds. The zero-order valence-corrected chi connectivity index (χ0v) is 24.3. The van der Waals surface area contributed by atoms with Crippen LogP contribution in [-0.2, 0) is 25.7 Å². The van der Waals surface area contributed by atoms with Crippen molar-refractivity contribution < 1.29 is 23.5 Å². The molecule has 216 valence electrons. The van der Waals surface area contributed by atoms with Crippen LogP contribution in [-0.4, -0.2) is 85.4 Å². The second-order valence-corrected chi connectivity index (χ2v) is 13.2. The Hall–Kier alpha value is -3.93. The van der Waals surface area contributed by atoms with E-state index in [0.29, 0.717) is 21.9 Å². The maximum absolute atomic E-state index is 11.9. The molecular formula is C28H27ClN7O5S+. The molecule has 6 rings (SSSR count). The summed E-state index contributed by atoms with van der Waals surface area (Å²) in [6.45, 7) is 9.35. The fraction of sp³-hybridized carbons (Fsp3) is 0.321. The van der Waals surface area contributed by atoms with E-state index in [1.165, 1.54) is 0 Å². The second kappa shape index (κ2) is 10.4. The molecule has 14 heteroatoms. The minimum Gasteiger partial charge on any atom is -0.453 e. The average Bonchev–Trinajstić information content (AvgIpc) is 3.61. The first-order chi connectivity index (χ1) is 20.1. The normalized spacial score (nSPS) is 25.2. The molecule has 42 heavy (non-hydrogen) atoms. The lowest BCUT2D eigenvalue weighted by Crippen LogP contribution is -2.55. The number of fused-ring (bicyclic) bond motifs is 2. The minimum atomic E-state index is -2.21. The third kappa shape index (κ3) is 4.71. The molecule has 0 saturated carbocycles. The highest BCUT2D eigenvalue weighted by atomic mass is 35.5. The Kier molecular flexibility index (Phi) is 6.99. The number of aromatic nitrogens is 4. The van der Waals surface area contributed by atoms with Gasteiger partial charge in [-0.05, 0) is 29.8 Å². The number of aromatic amines is 1. The Labute approximate surface area is 246 Å². The fourth-order valence-corrected chi connectivity index (χ4v) is 5.83. The fourth-order valence-electron chi connectivity index (χ4n) is 5.13. The Bertz CT molecular complexity index is 1860. The van der Waals surface area contributed by atoms with Crippen LogP contribution in [0, 0.1) is 6.57 Å². The molecule has 0 bridgehead atoms. The third-order valence-electron chi connectivity index (χ3n) is 7.20. The number of H-pyrrole nitrogens is 1. The van der Waals surface area contributed by atoms with E-state index in [1.54, 1.807) is 18.6 Å². The number of halogens is 1. The number of imidazole rings is 1. The first-order valence-electron chi connectivity index (χ1n) is 12.9. The van der Waals surface area contributed by atoms with Crippen molar-refractivity contribution in [3.8, 4) is 35.1 Å².